The molecule has 1 aromatic rings. The lowest BCUT2D eigenvalue weighted by Crippen LogP contribution is -2.21. The highest BCUT2D eigenvalue weighted by atomic mass is 16.5. The average Bonchev–Trinajstić information content (AvgIpc) is 2.68. The summed E-state index contributed by atoms with van der Waals surface area (Å²) in [6.07, 6.45) is 4.04. The van der Waals surface area contributed by atoms with Crippen molar-refractivity contribution < 1.29 is 9.53 Å². The van der Waals surface area contributed by atoms with E-state index in [1.165, 1.54) is 0 Å². The van der Waals surface area contributed by atoms with E-state index < -0.39 is 0 Å². The molecule has 0 atom stereocenters. The summed E-state index contributed by atoms with van der Waals surface area (Å²) >= 11 is 0. The first-order chi connectivity index (χ1) is 8.58. The fourth-order valence-corrected chi connectivity index (χ4v) is 1.79. The Morgan fingerprint density at radius 1 is 1.50 bits per heavy atom. The van der Waals surface area contributed by atoms with E-state index in [-0.39, 0.29) is 5.97 Å². The van der Waals surface area contributed by atoms with Crippen LogP contribution in [0.1, 0.15) is 42.7 Å². The van der Waals surface area contributed by atoms with Crippen molar-refractivity contribution in [3.63, 3.8) is 0 Å². The van der Waals surface area contributed by atoms with Crippen LogP contribution in [-0.4, -0.2) is 40.8 Å². The zero-order valence-electron chi connectivity index (χ0n) is 11.8. The van der Waals surface area contributed by atoms with Gasteiger partial charge in [0.1, 0.15) is 5.56 Å². The number of hydrogen-bond acceptors (Lipinski definition) is 4. The molecule has 0 aliphatic carbocycles. The molecule has 0 amide bonds. The van der Waals surface area contributed by atoms with Crippen molar-refractivity contribution in [1.82, 2.24) is 14.7 Å². The van der Waals surface area contributed by atoms with Gasteiger partial charge in [0.15, 0.2) is 0 Å². The normalized spacial score (nSPS) is 10.9. The molecule has 0 fully saturated rings. The molecule has 0 spiro atoms. The van der Waals surface area contributed by atoms with Crippen molar-refractivity contribution in [2.24, 2.45) is 7.05 Å². The van der Waals surface area contributed by atoms with Crippen molar-refractivity contribution in [2.75, 3.05) is 20.2 Å². The number of aromatic nitrogens is 2. The Bertz CT molecular complexity index is 388. The number of hydrogen-bond donors (Lipinski definition) is 0. The third-order valence-corrected chi connectivity index (χ3v) is 2.71. The molecule has 102 valence electrons. The van der Waals surface area contributed by atoms with Crippen LogP contribution >= 0.6 is 0 Å². The van der Waals surface area contributed by atoms with Gasteiger partial charge in [-0.25, -0.2) is 4.79 Å². The minimum Gasteiger partial charge on any atom is -0.462 e. The van der Waals surface area contributed by atoms with Crippen molar-refractivity contribution >= 4 is 5.97 Å². The van der Waals surface area contributed by atoms with Crippen LogP contribution in [0.2, 0.25) is 0 Å². The molecule has 0 bridgehead atoms. The SMILES string of the molecule is CCCCN(C)Cc1nn(C)cc1C(=O)OCC. The quantitative estimate of drug-likeness (QED) is 0.696. The number of carbonyl (C=O) groups excluding carboxylic acids is 1. The van der Waals surface area contributed by atoms with Gasteiger partial charge in [0.25, 0.3) is 0 Å². The number of unbranched alkanes of at least 4 members (excludes halogenated alkanes) is 1. The van der Waals surface area contributed by atoms with Gasteiger partial charge in [-0.05, 0) is 26.9 Å². The van der Waals surface area contributed by atoms with Crippen molar-refractivity contribution in [3.05, 3.63) is 17.5 Å². The van der Waals surface area contributed by atoms with E-state index in [1.54, 1.807) is 17.8 Å². The van der Waals surface area contributed by atoms with Crippen LogP contribution in [0, 0.1) is 0 Å². The number of nitrogens with zero attached hydrogens (tertiary/aromatic N) is 3. The number of rotatable bonds is 7. The van der Waals surface area contributed by atoms with Gasteiger partial charge < -0.3 is 9.64 Å². The highest BCUT2D eigenvalue weighted by Gasteiger charge is 2.17. The maximum Gasteiger partial charge on any atom is 0.341 e. The van der Waals surface area contributed by atoms with Crippen LogP contribution in [0.15, 0.2) is 6.20 Å². The molecule has 0 aliphatic rings. The molecular formula is C13H23N3O2. The van der Waals surface area contributed by atoms with Gasteiger partial charge in [0.05, 0.1) is 12.3 Å². The Hall–Kier alpha value is -1.36. The minimum atomic E-state index is -0.288. The van der Waals surface area contributed by atoms with E-state index in [1.807, 2.05) is 14.1 Å². The topological polar surface area (TPSA) is 47.4 Å². The fraction of sp³-hybridized carbons (Fsp3) is 0.692. The van der Waals surface area contributed by atoms with Crippen molar-refractivity contribution in [1.29, 1.82) is 0 Å². The first-order valence-corrected chi connectivity index (χ1v) is 6.46. The van der Waals surface area contributed by atoms with Gasteiger partial charge in [-0.2, -0.15) is 5.10 Å². The van der Waals surface area contributed by atoms with Crippen LogP contribution in [0.3, 0.4) is 0 Å². The number of ether oxygens (including phenoxy) is 1. The average molecular weight is 253 g/mol. The van der Waals surface area contributed by atoms with Gasteiger partial charge in [-0.15, -0.1) is 0 Å². The Balaban J connectivity index is 2.72. The van der Waals surface area contributed by atoms with Crippen molar-refractivity contribution in [3.8, 4) is 0 Å². The summed E-state index contributed by atoms with van der Waals surface area (Å²) in [6.45, 7) is 6.04. The summed E-state index contributed by atoms with van der Waals surface area (Å²) in [4.78, 5) is 14.0. The molecular weight excluding hydrogens is 230 g/mol. The number of aryl methyl sites for hydroxylation is 1. The second-order valence-corrected chi connectivity index (χ2v) is 4.47. The molecule has 1 rings (SSSR count). The fourth-order valence-electron chi connectivity index (χ4n) is 1.79. The smallest absolute Gasteiger partial charge is 0.341 e. The highest BCUT2D eigenvalue weighted by Crippen LogP contribution is 2.11. The monoisotopic (exact) mass is 253 g/mol. The minimum absolute atomic E-state index is 0.288. The van der Waals surface area contributed by atoms with Gasteiger partial charge in [0.2, 0.25) is 0 Å². The van der Waals surface area contributed by atoms with Gasteiger partial charge in [-0.1, -0.05) is 13.3 Å². The summed E-state index contributed by atoms with van der Waals surface area (Å²) in [5, 5.41) is 4.34. The van der Waals surface area contributed by atoms with Crippen LogP contribution in [-0.2, 0) is 18.3 Å². The molecule has 5 heteroatoms. The second kappa shape index (κ2) is 7.16. The lowest BCUT2D eigenvalue weighted by molar-refractivity contribution is 0.0524. The summed E-state index contributed by atoms with van der Waals surface area (Å²) in [5.41, 5.74) is 1.36. The molecule has 1 heterocycles. The largest absolute Gasteiger partial charge is 0.462 e. The summed E-state index contributed by atoms with van der Waals surface area (Å²) in [7, 11) is 3.86. The Morgan fingerprint density at radius 2 is 2.22 bits per heavy atom. The first-order valence-electron chi connectivity index (χ1n) is 6.46. The Labute approximate surface area is 109 Å². The lowest BCUT2D eigenvalue weighted by atomic mass is 10.2. The molecule has 0 saturated carbocycles. The van der Waals surface area contributed by atoms with E-state index >= 15 is 0 Å². The molecule has 0 radical (unpaired) electrons. The third kappa shape index (κ3) is 4.14. The molecule has 0 saturated heterocycles. The molecule has 18 heavy (non-hydrogen) atoms. The number of esters is 1. The van der Waals surface area contributed by atoms with Crippen LogP contribution in [0.25, 0.3) is 0 Å². The number of carbonyl (C=O) groups is 1. The van der Waals surface area contributed by atoms with Gasteiger partial charge >= 0.3 is 5.97 Å². The van der Waals surface area contributed by atoms with Crippen LogP contribution in [0.5, 0.6) is 0 Å². The predicted octanol–water partition coefficient (Wildman–Crippen LogP) is 1.83. The van der Waals surface area contributed by atoms with Crippen LogP contribution < -0.4 is 0 Å². The first kappa shape index (κ1) is 14.7. The summed E-state index contributed by atoms with van der Waals surface area (Å²) in [6, 6.07) is 0. The molecule has 1 aromatic heterocycles. The molecule has 0 aromatic carbocycles. The maximum absolute atomic E-state index is 11.8. The molecule has 0 N–H and O–H groups in total. The molecule has 0 aliphatic heterocycles. The van der Waals surface area contributed by atoms with E-state index in [4.69, 9.17) is 4.74 Å². The zero-order valence-corrected chi connectivity index (χ0v) is 11.8. The van der Waals surface area contributed by atoms with Crippen molar-refractivity contribution in [2.45, 2.75) is 33.2 Å². The predicted molar refractivity (Wildman–Crippen MR) is 70.4 cm³/mol. The lowest BCUT2D eigenvalue weighted by Gasteiger charge is -2.15. The maximum atomic E-state index is 11.8. The summed E-state index contributed by atoms with van der Waals surface area (Å²) < 4.78 is 6.70. The summed E-state index contributed by atoms with van der Waals surface area (Å²) in [5.74, 6) is -0.288. The third-order valence-electron chi connectivity index (χ3n) is 2.71. The van der Waals surface area contributed by atoms with E-state index in [0.717, 1.165) is 25.1 Å². The second-order valence-electron chi connectivity index (χ2n) is 4.47. The van der Waals surface area contributed by atoms with Crippen LogP contribution in [0.4, 0.5) is 0 Å². The standard InChI is InChI=1S/C13H23N3O2/c1-5-7-8-15(3)10-12-11(9-16(4)14-12)13(17)18-6-2/h9H,5-8,10H2,1-4H3. The van der Waals surface area contributed by atoms with Gasteiger partial charge in [-0.3, -0.25) is 4.68 Å². The zero-order chi connectivity index (χ0) is 13.5. The van der Waals surface area contributed by atoms with E-state index in [2.05, 4.69) is 16.9 Å². The van der Waals surface area contributed by atoms with E-state index in [9.17, 15) is 4.79 Å². The van der Waals surface area contributed by atoms with Gasteiger partial charge in [0, 0.05) is 19.8 Å². The highest BCUT2D eigenvalue weighted by molar-refractivity contribution is 5.90. The van der Waals surface area contributed by atoms with E-state index in [0.29, 0.717) is 18.7 Å². The Morgan fingerprint density at radius 3 is 2.83 bits per heavy atom. The Kier molecular flexibility index (Phi) is 5.85. The molecule has 5 nitrogen and oxygen atoms in total. The molecule has 0 unspecified atom stereocenters.